The molecule has 0 heterocycles. The molecule has 0 atom stereocenters. The molecule has 1 rings (SSSR count). The van der Waals surface area contributed by atoms with Crippen LogP contribution in [0.25, 0.3) is 0 Å². The van der Waals surface area contributed by atoms with Crippen LogP contribution in [0.5, 0.6) is 0 Å². The summed E-state index contributed by atoms with van der Waals surface area (Å²) in [5.74, 6) is 1.06. The molecule has 0 bridgehead atoms. The Hall–Kier alpha value is -0.260. The van der Waals surface area contributed by atoms with Crippen molar-refractivity contribution in [2.75, 3.05) is 0 Å². The summed E-state index contributed by atoms with van der Waals surface area (Å²) < 4.78 is 0. The van der Waals surface area contributed by atoms with Crippen LogP contribution in [-0.2, 0) is 0 Å². The third-order valence-corrected chi connectivity index (χ3v) is 2.14. The lowest BCUT2D eigenvalue weighted by molar-refractivity contribution is 0.832. The third kappa shape index (κ3) is 3.05. The molecule has 1 saturated carbocycles. The van der Waals surface area contributed by atoms with Gasteiger partial charge in [-0.1, -0.05) is 25.0 Å². The molecule has 0 aromatic rings. The first-order valence-electron chi connectivity index (χ1n) is 4.48. The summed E-state index contributed by atoms with van der Waals surface area (Å²) in [4.78, 5) is 0. The van der Waals surface area contributed by atoms with E-state index >= 15 is 0 Å². The van der Waals surface area contributed by atoms with Gasteiger partial charge in [0.1, 0.15) is 0 Å². The topological polar surface area (TPSA) is 0 Å². The largest absolute Gasteiger partial charge is 0.0853 e. The fourth-order valence-corrected chi connectivity index (χ4v) is 1.22. The Kier molecular flexibility index (Phi) is 2.98. The molecule has 0 radical (unpaired) electrons. The summed E-state index contributed by atoms with van der Waals surface area (Å²) in [6.45, 7) is 4.50. The van der Waals surface area contributed by atoms with E-state index in [1.54, 1.807) is 5.57 Å². The molecule has 0 spiro atoms. The van der Waals surface area contributed by atoms with E-state index in [1.165, 1.54) is 32.1 Å². The second kappa shape index (κ2) is 3.80. The molecule has 0 unspecified atom stereocenters. The molecule has 0 N–H and O–H groups in total. The van der Waals surface area contributed by atoms with Crippen molar-refractivity contribution in [1.29, 1.82) is 0 Å². The van der Waals surface area contributed by atoms with Gasteiger partial charge in [-0.25, -0.2) is 0 Å². The van der Waals surface area contributed by atoms with Crippen LogP contribution in [0.15, 0.2) is 11.6 Å². The van der Waals surface area contributed by atoms with E-state index in [9.17, 15) is 0 Å². The minimum absolute atomic E-state index is 1.06. The molecule has 58 valence electrons. The number of hydrogen-bond acceptors (Lipinski definition) is 0. The van der Waals surface area contributed by atoms with Crippen molar-refractivity contribution in [2.24, 2.45) is 5.92 Å². The highest BCUT2D eigenvalue weighted by atomic mass is 14.2. The minimum Gasteiger partial charge on any atom is -0.0853 e. The normalized spacial score (nSPS) is 19.6. The van der Waals surface area contributed by atoms with Crippen molar-refractivity contribution < 1.29 is 0 Å². The van der Waals surface area contributed by atoms with E-state index in [0.717, 1.165) is 5.92 Å². The van der Waals surface area contributed by atoms with Gasteiger partial charge < -0.3 is 0 Å². The van der Waals surface area contributed by atoms with E-state index in [4.69, 9.17) is 0 Å². The first-order valence-corrected chi connectivity index (χ1v) is 4.48. The molecule has 10 heavy (non-hydrogen) atoms. The van der Waals surface area contributed by atoms with Crippen LogP contribution in [0, 0.1) is 5.92 Å². The Labute approximate surface area is 64.3 Å². The van der Waals surface area contributed by atoms with Gasteiger partial charge in [0, 0.05) is 0 Å². The molecule has 0 saturated heterocycles. The first kappa shape index (κ1) is 7.84. The zero-order chi connectivity index (χ0) is 7.40. The van der Waals surface area contributed by atoms with Crippen LogP contribution in [-0.4, -0.2) is 0 Å². The van der Waals surface area contributed by atoms with Crippen molar-refractivity contribution in [3.8, 4) is 0 Å². The summed E-state index contributed by atoms with van der Waals surface area (Å²) >= 11 is 0. The Morgan fingerprint density at radius 1 is 1.50 bits per heavy atom. The fourth-order valence-electron chi connectivity index (χ4n) is 1.22. The van der Waals surface area contributed by atoms with Crippen molar-refractivity contribution >= 4 is 0 Å². The Morgan fingerprint density at radius 2 is 2.20 bits per heavy atom. The van der Waals surface area contributed by atoms with Crippen molar-refractivity contribution in [2.45, 2.75) is 46.0 Å². The van der Waals surface area contributed by atoms with Gasteiger partial charge in [-0.2, -0.15) is 0 Å². The number of hydrogen-bond donors (Lipinski definition) is 0. The standard InChI is InChI=1S/C10H18/c1-3-4-9(2)5-6-10-7-8-10/h5,10H,3-4,6-8H2,1-2H3. The SMILES string of the molecule is CCCC(C)=CCC1CC1. The van der Waals surface area contributed by atoms with E-state index in [-0.39, 0.29) is 0 Å². The van der Waals surface area contributed by atoms with Gasteiger partial charge in [0.15, 0.2) is 0 Å². The third-order valence-electron chi connectivity index (χ3n) is 2.14. The summed E-state index contributed by atoms with van der Waals surface area (Å²) in [6, 6.07) is 0. The van der Waals surface area contributed by atoms with Crippen molar-refractivity contribution in [3.05, 3.63) is 11.6 Å². The maximum Gasteiger partial charge on any atom is -0.0320 e. The molecule has 0 heteroatoms. The molecule has 1 fully saturated rings. The summed E-state index contributed by atoms with van der Waals surface area (Å²) in [7, 11) is 0. The molecule has 1 aliphatic carbocycles. The Balaban J connectivity index is 2.09. The van der Waals surface area contributed by atoms with Crippen molar-refractivity contribution in [3.63, 3.8) is 0 Å². The van der Waals surface area contributed by atoms with Gasteiger partial charge in [-0.3, -0.25) is 0 Å². The van der Waals surface area contributed by atoms with Gasteiger partial charge in [0.2, 0.25) is 0 Å². The summed E-state index contributed by atoms with van der Waals surface area (Å²) in [5.41, 5.74) is 1.59. The molecular weight excluding hydrogens is 120 g/mol. The first-order chi connectivity index (χ1) is 4.83. The second-order valence-electron chi connectivity index (χ2n) is 3.48. The maximum atomic E-state index is 2.43. The number of allylic oxidation sites excluding steroid dienone is 2. The second-order valence-corrected chi connectivity index (χ2v) is 3.48. The number of rotatable bonds is 4. The van der Waals surface area contributed by atoms with Gasteiger partial charge in [0.05, 0.1) is 0 Å². The Morgan fingerprint density at radius 3 is 2.70 bits per heavy atom. The molecule has 0 aliphatic heterocycles. The van der Waals surface area contributed by atoms with Crippen LogP contribution in [0.3, 0.4) is 0 Å². The highest BCUT2D eigenvalue weighted by Gasteiger charge is 2.18. The molecule has 0 amide bonds. The predicted molar refractivity (Wildman–Crippen MR) is 46.0 cm³/mol. The lowest BCUT2D eigenvalue weighted by atomic mass is 10.1. The van der Waals surface area contributed by atoms with E-state index in [1.807, 2.05) is 0 Å². The quantitative estimate of drug-likeness (QED) is 0.521. The lowest BCUT2D eigenvalue weighted by Gasteiger charge is -1.95. The van der Waals surface area contributed by atoms with E-state index in [0.29, 0.717) is 0 Å². The molecule has 1 aliphatic rings. The summed E-state index contributed by atoms with van der Waals surface area (Å²) in [6.07, 6.45) is 9.35. The van der Waals surface area contributed by atoms with Crippen molar-refractivity contribution in [1.82, 2.24) is 0 Å². The van der Waals surface area contributed by atoms with Crippen LogP contribution >= 0.6 is 0 Å². The monoisotopic (exact) mass is 138 g/mol. The molecular formula is C10H18. The average molecular weight is 138 g/mol. The Bertz CT molecular complexity index is 118. The zero-order valence-electron chi connectivity index (χ0n) is 7.19. The van der Waals surface area contributed by atoms with Gasteiger partial charge in [-0.05, 0) is 38.5 Å². The smallest absolute Gasteiger partial charge is 0.0320 e. The average Bonchev–Trinajstić information content (AvgIpc) is 2.67. The van der Waals surface area contributed by atoms with E-state index in [2.05, 4.69) is 19.9 Å². The van der Waals surface area contributed by atoms with Crippen LogP contribution in [0.1, 0.15) is 46.0 Å². The minimum atomic E-state index is 1.06. The van der Waals surface area contributed by atoms with E-state index < -0.39 is 0 Å². The van der Waals surface area contributed by atoms with Gasteiger partial charge in [-0.15, -0.1) is 0 Å². The van der Waals surface area contributed by atoms with Crippen LogP contribution in [0.2, 0.25) is 0 Å². The highest BCUT2D eigenvalue weighted by Crippen LogP contribution is 2.33. The van der Waals surface area contributed by atoms with Gasteiger partial charge in [0.25, 0.3) is 0 Å². The lowest BCUT2D eigenvalue weighted by Crippen LogP contribution is -1.76. The fraction of sp³-hybridized carbons (Fsp3) is 0.800. The van der Waals surface area contributed by atoms with Crippen LogP contribution in [0.4, 0.5) is 0 Å². The maximum absolute atomic E-state index is 2.43. The molecule has 0 aromatic carbocycles. The molecule has 0 nitrogen and oxygen atoms in total. The zero-order valence-corrected chi connectivity index (χ0v) is 7.19. The van der Waals surface area contributed by atoms with Crippen LogP contribution < -0.4 is 0 Å². The summed E-state index contributed by atoms with van der Waals surface area (Å²) in [5, 5.41) is 0. The molecule has 0 aromatic heterocycles. The highest BCUT2D eigenvalue weighted by molar-refractivity contribution is 4.99. The predicted octanol–water partition coefficient (Wildman–Crippen LogP) is 3.53. The van der Waals surface area contributed by atoms with Gasteiger partial charge >= 0.3 is 0 Å².